The second kappa shape index (κ2) is 7.95. The number of carbonyl (C=O) groups excluding carboxylic acids is 1. The van der Waals surface area contributed by atoms with Crippen LogP contribution in [0.15, 0.2) is 45.8 Å². The molecule has 0 aliphatic carbocycles. The van der Waals surface area contributed by atoms with E-state index in [1.54, 1.807) is 26.3 Å². The maximum Gasteiger partial charge on any atom is 0.284 e. The molecule has 0 radical (unpaired) electrons. The van der Waals surface area contributed by atoms with E-state index >= 15 is 0 Å². The van der Waals surface area contributed by atoms with Crippen molar-refractivity contribution in [1.82, 2.24) is 10.2 Å². The molecule has 1 aliphatic heterocycles. The van der Waals surface area contributed by atoms with Crippen LogP contribution in [0.3, 0.4) is 0 Å². The van der Waals surface area contributed by atoms with Gasteiger partial charge in [0.05, 0.1) is 13.7 Å². The molecule has 2 aromatic rings. The van der Waals surface area contributed by atoms with Crippen molar-refractivity contribution in [2.24, 2.45) is 10.7 Å². The van der Waals surface area contributed by atoms with Gasteiger partial charge < -0.3 is 25.1 Å². The number of aliphatic imine (C=N–C) groups is 1. The normalized spacial score (nSPS) is 17.4. The summed E-state index contributed by atoms with van der Waals surface area (Å²) in [5.41, 5.74) is 6.51. The SMILES string of the molecule is CN=C(NCc1ccc(C(N)=O)o1)N1CCC(c2ccc(OC)cc2)C1. The molecule has 0 spiro atoms. The van der Waals surface area contributed by atoms with Crippen molar-refractivity contribution in [2.45, 2.75) is 18.9 Å². The van der Waals surface area contributed by atoms with Gasteiger partial charge in [0.15, 0.2) is 11.7 Å². The Morgan fingerprint density at radius 1 is 1.35 bits per heavy atom. The molecule has 7 heteroatoms. The Morgan fingerprint density at radius 2 is 2.12 bits per heavy atom. The van der Waals surface area contributed by atoms with Crippen LogP contribution in [0.25, 0.3) is 0 Å². The van der Waals surface area contributed by atoms with Crippen LogP contribution in [0.5, 0.6) is 5.75 Å². The lowest BCUT2D eigenvalue weighted by Crippen LogP contribution is -2.39. The molecule has 1 aliphatic rings. The van der Waals surface area contributed by atoms with Crippen molar-refractivity contribution in [3.8, 4) is 5.75 Å². The Hall–Kier alpha value is -2.96. The number of hydrogen-bond donors (Lipinski definition) is 2. The fourth-order valence-electron chi connectivity index (χ4n) is 3.20. The highest BCUT2D eigenvalue weighted by atomic mass is 16.5. The monoisotopic (exact) mass is 356 g/mol. The first-order chi connectivity index (χ1) is 12.6. The number of likely N-dealkylation sites (tertiary alicyclic amines) is 1. The molecule has 0 bridgehead atoms. The fourth-order valence-corrected chi connectivity index (χ4v) is 3.20. The molecule has 1 aromatic heterocycles. The van der Waals surface area contributed by atoms with Crippen molar-refractivity contribution in [3.05, 3.63) is 53.5 Å². The van der Waals surface area contributed by atoms with E-state index in [1.807, 2.05) is 12.1 Å². The summed E-state index contributed by atoms with van der Waals surface area (Å²) < 4.78 is 10.6. The van der Waals surface area contributed by atoms with E-state index in [2.05, 4.69) is 27.3 Å². The number of benzene rings is 1. The average molecular weight is 356 g/mol. The molecule has 2 heterocycles. The first-order valence-corrected chi connectivity index (χ1v) is 8.58. The predicted octanol–water partition coefficient (Wildman–Crippen LogP) is 1.95. The number of amides is 1. The summed E-state index contributed by atoms with van der Waals surface area (Å²) in [6.45, 7) is 2.28. The summed E-state index contributed by atoms with van der Waals surface area (Å²) in [7, 11) is 3.44. The second-order valence-corrected chi connectivity index (χ2v) is 6.24. The summed E-state index contributed by atoms with van der Waals surface area (Å²) in [6.07, 6.45) is 1.07. The zero-order valence-electron chi connectivity index (χ0n) is 15.1. The third-order valence-electron chi connectivity index (χ3n) is 4.61. The lowest BCUT2D eigenvalue weighted by atomic mass is 9.98. The Labute approximate surface area is 152 Å². The van der Waals surface area contributed by atoms with Crippen molar-refractivity contribution in [2.75, 3.05) is 27.2 Å². The Balaban J connectivity index is 1.57. The highest BCUT2D eigenvalue weighted by molar-refractivity contribution is 5.89. The van der Waals surface area contributed by atoms with Crippen LogP contribution in [0.4, 0.5) is 0 Å². The number of guanidine groups is 1. The quantitative estimate of drug-likeness (QED) is 0.631. The second-order valence-electron chi connectivity index (χ2n) is 6.24. The van der Waals surface area contributed by atoms with E-state index in [0.717, 1.165) is 31.2 Å². The molecule has 138 valence electrons. The van der Waals surface area contributed by atoms with E-state index in [1.165, 1.54) is 5.56 Å². The van der Waals surface area contributed by atoms with Gasteiger partial charge in [-0.15, -0.1) is 0 Å². The van der Waals surface area contributed by atoms with E-state index in [0.29, 0.717) is 18.2 Å². The number of rotatable bonds is 5. The van der Waals surface area contributed by atoms with E-state index in [9.17, 15) is 4.79 Å². The number of carbonyl (C=O) groups is 1. The lowest BCUT2D eigenvalue weighted by Gasteiger charge is -2.21. The van der Waals surface area contributed by atoms with Crippen molar-refractivity contribution in [1.29, 1.82) is 0 Å². The molecule has 1 amide bonds. The van der Waals surface area contributed by atoms with Gasteiger partial charge in [-0.3, -0.25) is 9.79 Å². The third kappa shape index (κ3) is 3.99. The minimum Gasteiger partial charge on any atom is -0.497 e. The van der Waals surface area contributed by atoms with E-state index in [4.69, 9.17) is 14.9 Å². The number of methoxy groups -OCH3 is 1. The molecule has 1 fully saturated rings. The molecule has 1 atom stereocenters. The van der Waals surface area contributed by atoms with Crippen molar-refractivity contribution >= 4 is 11.9 Å². The average Bonchev–Trinajstić information content (AvgIpc) is 3.32. The minimum atomic E-state index is -0.567. The number of ether oxygens (including phenoxy) is 1. The fraction of sp³-hybridized carbons (Fsp3) is 0.368. The smallest absolute Gasteiger partial charge is 0.284 e. The van der Waals surface area contributed by atoms with Gasteiger partial charge >= 0.3 is 0 Å². The number of primary amides is 1. The molecule has 1 saturated heterocycles. The van der Waals surface area contributed by atoms with E-state index < -0.39 is 5.91 Å². The maximum atomic E-state index is 11.1. The predicted molar refractivity (Wildman–Crippen MR) is 99.3 cm³/mol. The van der Waals surface area contributed by atoms with Gasteiger partial charge in [-0.25, -0.2) is 0 Å². The number of hydrogen-bond acceptors (Lipinski definition) is 4. The van der Waals surface area contributed by atoms with Crippen LogP contribution in [-0.4, -0.2) is 44.0 Å². The van der Waals surface area contributed by atoms with Gasteiger partial charge in [-0.1, -0.05) is 12.1 Å². The molecule has 0 saturated carbocycles. The van der Waals surface area contributed by atoms with Gasteiger partial charge in [-0.05, 0) is 36.2 Å². The molecule has 3 rings (SSSR count). The van der Waals surface area contributed by atoms with E-state index in [-0.39, 0.29) is 5.76 Å². The number of nitrogens with two attached hydrogens (primary N) is 1. The van der Waals surface area contributed by atoms with Crippen molar-refractivity contribution in [3.63, 3.8) is 0 Å². The van der Waals surface area contributed by atoms with Gasteiger partial charge in [0.1, 0.15) is 11.5 Å². The maximum absolute atomic E-state index is 11.1. The largest absolute Gasteiger partial charge is 0.497 e. The summed E-state index contributed by atoms with van der Waals surface area (Å²) in [5.74, 6) is 2.39. The zero-order chi connectivity index (χ0) is 18.5. The first-order valence-electron chi connectivity index (χ1n) is 8.58. The standard InChI is InChI=1S/C19H24N4O3/c1-21-19(22-11-16-7-8-17(26-16)18(20)24)23-10-9-14(12-23)13-3-5-15(25-2)6-4-13/h3-8,14H,9-12H2,1-2H3,(H2,20,24)(H,21,22). The molecular weight excluding hydrogens is 332 g/mol. The number of furan rings is 1. The van der Waals surface area contributed by atoms with Crippen LogP contribution >= 0.6 is 0 Å². The Bertz CT molecular complexity index is 782. The molecular formula is C19H24N4O3. The highest BCUT2D eigenvalue weighted by Gasteiger charge is 2.26. The van der Waals surface area contributed by atoms with Crippen LogP contribution in [0, 0.1) is 0 Å². The van der Waals surface area contributed by atoms with Crippen LogP contribution in [0.1, 0.15) is 34.2 Å². The summed E-state index contributed by atoms with van der Waals surface area (Å²) in [4.78, 5) is 17.7. The molecule has 1 aromatic carbocycles. The topological polar surface area (TPSA) is 93.1 Å². The molecule has 1 unspecified atom stereocenters. The number of nitrogens with zero attached hydrogens (tertiary/aromatic N) is 2. The minimum absolute atomic E-state index is 0.164. The zero-order valence-corrected chi connectivity index (χ0v) is 15.1. The summed E-state index contributed by atoms with van der Waals surface area (Å²) in [5, 5.41) is 3.28. The van der Waals surface area contributed by atoms with Crippen LogP contribution < -0.4 is 15.8 Å². The Morgan fingerprint density at radius 3 is 2.73 bits per heavy atom. The highest BCUT2D eigenvalue weighted by Crippen LogP contribution is 2.28. The van der Waals surface area contributed by atoms with Crippen LogP contribution in [-0.2, 0) is 6.54 Å². The molecule has 26 heavy (non-hydrogen) atoms. The van der Waals surface area contributed by atoms with Gasteiger partial charge in [0.2, 0.25) is 0 Å². The summed E-state index contributed by atoms with van der Waals surface area (Å²) >= 11 is 0. The van der Waals surface area contributed by atoms with Crippen LogP contribution in [0.2, 0.25) is 0 Å². The van der Waals surface area contributed by atoms with Crippen molar-refractivity contribution < 1.29 is 13.9 Å². The van der Waals surface area contributed by atoms with Gasteiger partial charge in [0.25, 0.3) is 5.91 Å². The lowest BCUT2D eigenvalue weighted by molar-refractivity contribution is 0.0972. The Kier molecular flexibility index (Phi) is 5.46. The number of nitrogens with one attached hydrogen (secondary N) is 1. The third-order valence-corrected chi connectivity index (χ3v) is 4.61. The van der Waals surface area contributed by atoms with Gasteiger partial charge in [0, 0.05) is 26.1 Å². The first kappa shape index (κ1) is 17.8. The summed E-state index contributed by atoms with van der Waals surface area (Å²) in [6, 6.07) is 11.6. The molecule has 7 nitrogen and oxygen atoms in total. The van der Waals surface area contributed by atoms with Gasteiger partial charge in [-0.2, -0.15) is 0 Å². The molecule has 3 N–H and O–H groups in total.